The third-order valence-corrected chi connectivity index (χ3v) is 4.91. The first-order valence-corrected chi connectivity index (χ1v) is 9.96. The van der Waals surface area contributed by atoms with Crippen LogP contribution in [0.25, 0.3) is 5.65 Å². The van der Waals surface area contributed by atoms with Crippen molar-refractivity contribution in [2.24, 2.45) is 0 Å². The van der Waals surface area contributed by atoms with E-state index in [2.05, 4.69) is 19.9 Å². The van der Waals surface area contributed by atoms with Crippen molar-refractivity contribution in [3.63, 3.8) is 0 Å². The lowest BCUT2D eigenvalue weighted by atomic mass is 10.2. The number of imidazole rings is 1. The van der Waals surface area contributed by atoms with Crippen molar-refractivity contribution in [3.8, 4) is 5.75 Å². The molecule has 0 spiro atoms. The molecular formula is C22H26F2N4O3. The van der Waals surface area contributed by atoms with Crippen molar-refractivity contribution in [3.05, 3.63) is 59.5 Å². The summed E-state index contributed by atoms with van der Waals surface area (Å²) in [6.07, 6.45) is 2.08. The van der Waals surface area contributed by atoms with Crippen LogP contribution in [0.5, 0.6) is 5.75 Å². The number of alkyl halides is 2. The molecule has 2 aromatic heterocycles. The van der Waals surface area contributed by atoms with Crippen LogP contribution >= 0.6 is 0 Å². The maximum Gasteiger partial charge on any atom is 0.387 e. The van der Waals surface area contributed by atoms with Crippen molar-refractivity contribution in [2.45, 2.75) is 26.5 Å². The van der Waals surface area contributed by atoms with Gasteiger partial charge in [-0.2, -0.15) is 8.78 Å². The molecule has 0 aliphatic heterocycles. The van der Waals surface area contributed by atoms with Gasteiger partial charge in [0.25, 0.3) is 5.91 Å². The molecule has 9 heteroatoms. The van der Waals surface area contributed by atoms with E-state index < -0.39 is 6.61 Å². The number of halogens is 2. The number of nitrogens with zero attached hydrogens (tertiary/aromatic N) is 3. The summed E-state index contributed by atoms with van der Waals surface area (Å²) < 4.78 is 36.5. The van der Waals surface area contributed by atoms with Crippen molar-refractivity contribution in [1.82, 2.24) is 14.7 Å². The molecule has 3 rings (SSSR count). The van der Waals surface area contributed by atoms with Gasteiger partial charge in [-0.1, -0.05) is 19.1 Å². The Morgan fingerprint density at radius 2 is 2.00 bits per heavy atom. The Morgan fingerprint density at radius 1 is 1.26 bits per heavy atom. The van der Waals surface area contributed by atoms with E-state index in [1.807, 2.05) is 38.2 Å². The zero-order valence-electron chi connectivity index (χ0n) is 17.8. The van der Waals surface area contributed by atoms with E-state index in [4.69, 9.17) is 4.74 Å². The molecule has 3 aromatic rings. The molecule has 0 fully saturated rings. The molecule has 0 saturated carbocycles. The maximum atomic E-state index is 12.9. The molecule has 0 unspecified atom stereocenters. The first kappa shape index (κ1) is 22.5. The minimum Gasteiger partial charge on any atom is -0.431 e. The summed E-state index contributed by atoms with van der Waals surface area (Å²) in [4.78, 5) is 19.3. The molecule has 0 atom stereocenters. The zero-order valence-corrected chi connectivity index (χ0v) is 17.8. The number of methoxy groups -OCH3 is 1. The SMILES string of the molecule is CCc1nc2c(OC(F)F)cccn2c1C(=O)NCc1ccc(N(C)CCOC)cc1. The van der Waals surface area contributed by atoms with E-state index in [1.165, 1.54) is 10.5 Å². The predicted octanol–water partition coefficient (Wildman–Crippen LogP) is 3.51. The number of fused-ring (bicyclic) bond motifs is 1. The van der Waals surface area contributed by atoms with Crippen LogP contribution in [0, 0.1) is 0 Å². The number of carbonyl (C=O) groups is 1. The van der Waals surface area contributed by atoms with Crippen molar-refractivity contribution in [1.29, 1.82) is 0 Å². The maximum absolute atomic E-state index is 12.9. The largest absolute Gasteiger partial charge is 0.431 e. The Labute approximate surface area is 179 Å². The standard InChI is InChI=1S/C22H26F2N4O3/c1-4-17-19(28-11-5-6-18(20(28)26-17)31-22(23)24)21(29)25-14-15-7-9-16(10-8-15)27(2)12-13-30-3/h5-11,22H,4,12-14H2,1-3H3,(H,25,29). The summed E-state index contributed by atoms with van der Waals surface area (Å²) in [5.74, 6) is -0.403. The minimum atomic E-state index is -2.97. The van der Waals surface area contributed by atoms with Crippen LogP contribution in [0.15, 0.2) is 42.6 Å². The quantitative estimate of drug-likeness (QED) is 0.531. The van der Waals surface area contributed by atoms with Crippen LogP contribution in [0.4, 0.5) is 14.5 Å². The average Bonchev–Trinajstić information content (AvgIpc) is 3.15. The number of pyridine rings is 1. The van der Waals surface area contributed by atoms with Crippen LogP contribution in [0.2, 0.25) is 0 Å². The Bertz CT molecular complexity index is 1020. The highest BCUT2D eigenvalue weighted by atomic mass is 19.3. The molecule has 166 valence electrons. The number of hydrogen-bond acceptors (Lipinski definition) is 5. The van der Waals surface area contributed by atoms with Crippen LogP contribution in [-0.2, 0) is 17.7 Å². The molecule has 1 N–H and O–H groups in total. The normalized spacial score (nSPS) is 11.2. The fourth-order valence-electron chi connectivity index (χ4n) is 3.26. The molecule has 0 saturated heterocycles. The Morgan fingerprint density at radius 3 is 2.65 bits per heavy atom. The highest BCUT2D eigenvalue weighted by Gasteiger charge is 2.21. The molecule has 0 bridgehead atoms. The number of aryl methyl sites for hydroxylation is 1. The number of likely N-dealkylation sites (N-methyl/N-ethyl adjacent to an activating group) is 1. The van der Waals surface area contributed by atoms with E-state index in [9.17, 15) is 13.6 Å². The van der Waals surface area contributed by atoms with E-state index in [0.717, 1.165) is 17.8 Å². The third kappa shape index (κ3) is 5.29. The molecule has 2 heterocycles. The van der Waals surface area contributed by atoms with Crippen LogP contribution in [-0.4, -0.2) is 49.2 Å². The van der Waals surface area contributed by atoms with Gasteiger partial charge in [0.05, 0.1) is 12.3 Å². The number of benzene rings is 1. The van der Waals surface area contributed by atoms with Gasteiger partial charge in [0.15, 0.2) is 11.4 Å². The van der Waals surface area contributed by atoms with E-state index in [0.29, 0.717) is 31.0 Å². The molecule has 0 aliphatic carbocycles. The van der Waals surface area contributed by atoms with Gasteiger partial charge in [0.1, 0.15) is 5.69 Å². The number of rotatable bonds is 10. The van der Waals surface area contributed by atoms with Gasteiger partial charge in [-0.25, -0.2) is 4.98 Å². The van der Waals surface area contributed by atoms with Crippen molar-refractivity contribution < 1.29 is 23.0 Å². The first-order valence-electron chi connectivity index (χ1n) is 9.96. The molecular weight excluding hydrogens is 406 g/mol. The van der Waals surface area contributed by atoms with Gasteiger partial charge < -0.3 is 19.7 Å². The third-order valence-electron chi connectivity index (χ3n) is 4.91. The highest BCUT2D eigenvalue weighted by molar-refractivity contribution is 5.95. The molecule has 0 aliphatic rings. The lowest BCUT2D eigenvalue weighted by molar-refractivity contribution is -0.0491. The summed E-state index contributed by atoms with van der Waals surface area (Å²) >= 11 is 0. The molecule has 7 nitrogen and oxygen atoms in total. The predicted molar refractivity (Wildman–Crippen MR) is 114 cm³/mol. The summed E-state index contributed by atoms with van der Waals surface area (Å²) in [5, 5.41) is 2.89. The lowest BCUT2D eigenvalue weighted by Gasteiger charge is -2.19. The fraction of sp³-hybridized carbons (Fsp3) is 0.364. The topological polar surface area (TPSA) is 68.1 Å². The summed E-state index contributed by atoms with van der Waals surface area (Å²) in [6, 6.07) is 10.8. The monoisotopic (exact) mass is 432 g/mol. The number of carbonyl (C=O) groups excluding carboxylic acids is 1. The molecule has 1 aromatic carbocycles. The van der Waals surface area contributed by atoms with E-state index in [-0.39, 0.29) is 17.3 Å². The number of ether oxygens (including phenoxy) is 2. The van der Waals surface area contributed by atoms with Crippen LogP contribution < -0.4 is 15.0 Å². The smallest absolute Gasteiger partial charge is 0.387 e. The highest BCUT2D eigenvalue weighted by Crippen LogP contribution is 2.24. The minimum absolute atomic E-state index is 0.0700. The van der Waals surface area contributed by atoms with Gasteiger partial charge in [-0.15, -0.1) is 0 Å². The Kier molecular flexibility index (Phi) is 7.41. The van der Waals surface area contributed by atoms with Gasteiger partial charge in [0.2, 0.25) is 0 Å². The summed E-state index contributed by atoms with van der Waals surface area (Å²) in [6.45, 7) is 0.618. The fourth-order valence-corrected chi connectivity index (χ4v) is 3.26. The molecule has 0 radical (unpaired) electrons. The Balaban J connectivity index is 1.74. The lowest BCUT2D eigenvalue weighted by Crippen LogP contribution is -2.25. The van der Waals surface area contributed by atoms with E-state index >= 15 is 0 Å². The van der Waals surface area contributed by atoms with Crippen LogP contribution in [0.1, 0.15) is 28.7 Å². The van der Waals surface area contributed by atoms with Crippen molar-refractivity contribution in [2.75, 3.05) is 32.2 Å². The van der Waals surface area contributed by atoms with Crippen molar-refractivity contribution >= 4 is 17.2 Å². The van der Waals surface area contributed by atoms with E-state index in [1.54, 1.807) is 19.4 Å². The second-order valence-electron chi connectivity index (χ2n) is 6.97. The number of nitrogens with one attached hydrogen (secondary N) is 1. The van der Waals surface area contributed by atoms with Gasteiger partial charge >= 0.3 is 6.61 Å². The Hall–Kier alpha value is -3.20. The second kappa shape index (κ2) is 10.2. The first-order chi connectivity index (χ1) is 14.9. The van der Waals surface area contributed by atoms with Gasteiger partial charge in [-0.3, -0.25) is 9.20 Å². The average molecular weight is 432 g/mol. The second-order valence-corrected chi connectivity index (χ2v) is 6.97. The van der Waals surface area contributed by atoms with Gasteiger partial charge in [-0.05, 0) is 36.2 Å². The number of aromatic nitrogens is 2. The summed E-state index contributed by atoms with van der Waals surface area (Å²) in [5.41, 5.74) is 3.00. The zero-order chi connectivity index (χ0) is 22.4. The molecule has 1 amide bonds. The number of hydrogen-bond donors (Lipinski definition) is 1. The van der Waals surface area contributed by atoms with Gasteiger partial charge in [0, 0.05) is 39.1 Å². The molecule has 31 heavy (non-hydrogen) atoms. The summed E-state index contributed by atoms with van der Waals surface area (Å²) in [7, 11) is 3.65. The number of amides is 1. The number of anilines is 1. The van der Waals surface area contributed by atoms with Crippen LogP contribution in [0.3, 0.4) is 0 Å².